The van der Waals surface area contributed by atoms with E-state index in [9.17, 15) is 0 Å². The lowest BCUT2D eigenvalue weighted by Gasteiger charge is -2.15. The lowest BCUT2D eigenvalue weighted by molar-refractivity contribution is 1.13. The van der Waals surface area contributed by atoms with Crippen LogP contribution in [0.25, 0.3) is 10.6 Å². The first-order chi connectivity index (χ1) is 13.2. The summed E-state index contributed by atoms with van der Waals surface area (Å²) in [5, 5.41) is 4.18. The molecule has 0 bridgehead atoms. The average molecular weight is 373 g/mol. The molecule has 2 aromatic carbocycles. The molecule has 0 saturated heterocycles. The van der Waals surface area contributed by atoms with Crippen molar-refractivity contribution in [3.05, 3.63) is 78.6 Å². The van der Waals surface area contributed by atoms with E-state index >= 15 is 0 Å². The maximum atomic E-state index is 4.74. The van der Waals surface area contributed by atoms with Crippen LogP contribution < -0.4 is 10.2 Å². The van der Waals surface area contributed by atoms with Gasteiger partial charge >= 0.3 is 0 Å². The van der Waals surface area contributed by atoms with Crippen molar-refractivity contribution in [2.24, 2.45) is 0 Å². The van der Waals surface area contributed by atoms with E-state index in [2.05, 4.69) is 32.3 Å². The summed E-state index contributed by atoms with van der Waals surface area (Å²) in [6, 6.07) is 22.0. The molecule has 27 heavy (non-hydrogen) atoms. The van der Waals surface area contributed by atoms with Crippen LogP contribution in [0, 0.1) is 6.92 Å². The number of benzene rings is 2. The maximum Gasteiger partial charge on any atom is 0.227 e. The fourth-order valence-electron chi connectivity index (χ4n) is 2.72. The van der Waals surface area contributed by atoms with Gasteiger partial charge in [0.2, 0.25) is 5.95 Å². The van der Waals surface area contributed by atoms with Crippen molar-refractivity contribution >= 4 is 33.8 Å². The van der Waals surface area contributed by atoms with E-state index in [0.717, 1.165) is 32.8 Å². The highest BCUT2D eigenvalue weighted by molar-refractivity contribution is 7.19. The number of nitrogens with one attached hydrogen (secondary N) is 1. The molecule has 0 radical (unpaired) electrons. The van der Waals surface area contributed by atoms with Gasteiger partial charge in [0.1, 0.15) is 0 Å². The van der Waals surface area contributed by atoms with Gasteiger partial charge in [-0.15, -0.1) is 0 Å². The molecular formula is C21H19N5S. The van der Waals surface area contributed by atoms with Crippen LogP contribution in [0.15, 0.2) is 72.9 Å². The molecule has 0 spiro atoms. The fourth-order valence-corrected chi connectivity index (χ4v) is 3.74. The van der Waals surface area contributed by atoms with Gasteiger partial charge in [-0.25, -0.2) is 15.0 Å². The predicted molar refractivity (Wildman–Crippen MR) is 112 cm³/mol. The molecule has 0 unspecified atom stereocenters. The van der Waals surface area contributed by atoms with E-state index in [-0.39, 0.29) is 0 Å². The van der Waals surface area contributed by atoms with E-state index in [1.54, 1.807) is 17.5 Å². The Hall–Kier alpha value is -3.25. The SMILES string of the molecule is Cc1nc(N(C)c2ccccc2)sc1-c1ccnc(Nc2ccccc2)n1. The average Bonchev–Trinajstić information content (AvgIpc) is 3.11. The Labute approximate surface area is 162 Å². The lowest BCUT2D eigenvalue weighted by Crippen LogP contribution is -2.08. The van der Waals surface area contributed by atoms with Crippen LogP contribution >= 0.6 is 11.3 Å². The van der Waals surface area contributed by atoms with Crippen LogP contribution in [-0.2, 0) is 0 Å². The summed E-state index contributed by atoms with van der Waals surface area (Å²) in [5.41, 5.74) is 3.89. The van der Waals surface area contributed by atoms with E-state index in [4.69, 9.17) is 4.98 Å². The van der Waals surface area contributed by atoms with Crippen LogP contribution in [0.1, 0.15) is 5.69 Å². The first-order valence-corrected chi connectivity index (χ1v) is 9.44. The highest BCUT2D eigenvalue weighted by Gasteiger charge is 2.15. The smallest absolute Gasteiger partial charge is 0.227 e. The van der Waals surface area contributed by atoms with Gasteiger partial charge < -0.3 is 10.2 Å². The van der Waals surface area contributed by atoms with Gasteiger partial charge in [0, 0.05) is 24.6 Å². The first kappa shape index (κ1) is 17.2. The van der Waals surface area contributed by atoms with Crippen molar-refractivity contribution in [3.63, 3.8) is 0 Å². The van der Waals surface area contributed by atoms with Gasteiger partial charge in [-0.1, -0.05) is 47.7 Å². The maximum absolute atomic E-state index is 4.74. The number of aryl methyl sites for hydroxylation is 1. The minimum absolute atomic E-state index is 0.574. The Kier molecular flexibility index (Phi) is 4.80. The number of nitrogens with zero attached hydrogens (tertiary/aromatic N) is 4. The molecule has 2 heterocycles. The zero-order chi connectivity index (χ0) is 18.6. The lowest BCUT2D eigenvalue weighted by atomic mass is 10.3. The fraction of sp³-hybridized carbons (Fsp3) is 0.0952. The van der Waals surface area contributed by atoms with Gasteiger partial charge in [-0.05, 0) is 37.3 Å². The Morgan fingerprint density at radius 3 is 2.33 bits per heavy atom. The molecule has 0 fully saturated rings. The van der Waals surface area contributed by atoms with Crippen molar-refractivity contribution in [1.29, 1.82) is 0 Å². The Balaban J connectivity index is 1.62. The minimum Gasteiger partial charge on any atom is -0.324 e. The zero-order valence-electron chi connectivity index (χ0n) is 15.1. The predicted octanol–water partition coefficient (Wildman–Crippen LogP) is 5.42. The quantitative estimate of drug-likeness (QED) is 0.506. The largest absolute Gasteiger partial charge is 0.324 e. The number of rotatable bonds is 5. The number of hydrogen-bond acceptors (Lipinski definition) is 6. The number of thiazole rings is 1. The molecule has 4 rings (SSSR count). The molecule has 0 atom stereocenters. The van der Waals surface area contributed by atoms with Crippen molar-refractivity contribution in [3.8, 4) is 10.6 Å². The molecular weight excluding hydrogens is 354 g/mol. The number of anilines is 4. The summed E-state index contributed by atoms with van der Waals surface area (Å²) in [6.45, 7) is 2.01. The number of aromatic nitrogens is 3. The third-order valence-electron chi connectivity index (χ3n) is 4.13. The second-order valence-electron chi connectivity index (χ2n) is 6.06. The topological polar surface area (TPSA) is 53.9 Å². The summed E-state index contributed by atoms with van der Waals surface area (Å²) in [4.78, 5) is 16.9. The van der Waals surface area contributed by atoms with Gasteiger partial charge in [0.05, 0.1) is 16.3 Å². The van der Waals surface area contributed by atoms with Crippen molar-refractivity contribution in [1.82, 2.24) is 15.0 Å². The third-order valence-corrected chi connectivity index (χ3v) is 5.39. The molecule has 0 aliphatic rings. The Bertz CT molecular complexity index is 1030. The molecule has 4 aromatic rings. The zero-order valence-corrected chi connectivity index (χ0v) is 15.9. The highest BCUT2D eigenvalue weighted by atomic mass is 32.1. The summed E-state index contributed by atoms with van der Waals surface area (Å²) in [7, 11) is 2.03. The normalized spacial score (nSPS) is 10.6. The third kappa shape index (κ3) is 3.80. The van der Waals surface area contributed by atoms with Crippen LogP contribution in [0.3, 0.4) is 0 Å². The van der Waals surface area contributed by atoms with E-state index in [1.165, 1.54) is 0 Å². The summed E-state index contributed by atoms with van der Waals surface area (Å²) in [6.07, 6.45) is 1.77. The van der Waals surface area contributed by atoms with Crippen LogP contribution in [0.4, 0.5) is 22.5 Å². The molecule has 6 heteroatoms. The van der Waals surface area contributed by atoms with Crippen molar-refractivity contribution in [2.45, 2.75) is 6.92 Å². The Morgan fingerprint density at radius 2 is 1.59 bits per heavy atom. The molecule has 0 aliphatic heterocycles. The molecule has 2 aromatic heterocycles. The van der Waals surface area contributed by atoms with E-state index < -0.39 is 0 Å². The monoisotopic (exact) mass is 373 g/mol. The van der Waals surface area contributed by atoms with Crippen LogP contribution in [0.5, 0.6) is 0 Å². The summed E-state index contributed by atoms with van der Waals surface area (Å²) >= 11 is 1.63. The second kappa shape index (κ2) is 7.55. The molecule has 1 N–H and O–H groups in total. The Morgan fingerprint density at radius 1 is 0.889 bits per heavy atom. The van der Waals surface area contributed by atoms with E-state index in [0.29, 0.717) is 5.95 Å². The highest BCUT2D eigenvalue weighted by Crippen LogP contribution is 2.36. The van der Waals surface area contributed by atoms with E-state index in [1.807, 2.05) is 68.6 Å². The minimum atomic E-state index is 0.574. The molecule has 0 aliphatic carbocycles. The molecule has 134 valence electrons. The molecule has 5 nitrogen and oxygen atoms in total. The van der Waals surface area contributed by atoms with Crippen LogP contribution in [0.2, 0.25) is 0 Å². The molecule has 0 saturated carbocycles. The molecule has 0 amide bonds. The number of para-hydroxylation sites is 2. The van der Waals surface area contributed by atoms with Crippen molar-refractivity contribution < 1.29 is 0 Å². The first-order valence-electron chi connectivity index (χ1n) is 8.62. The van der Waals surface area contributed by atoms with Gasteiger partial charge in [-0.3, -0.25) is 0 Å². The second-order valence-corrected chi connectivity index (χ2v) is 7.04. The van der Waals surface area contributed by atoms with Crippen molar-refractivity contribution in [2.75, 3.05) is 17.3 Å². The van der Waals surface area contributed by atoms with Gasteiger partial charge in [0.25, 0.3) is 0 Å². The van der Waals surface area contributed by atoms with Crippen LogP contribution in [-0.4, -0.2) is 22.0 Å². The van der Waals surface area contributed by atoms with Gasteiger partial charge in [-0.2, -0.15) is 0 Å². The standard InChI is InChI=1S/C21H19N5S/c1-15-19(27-21(23-15)26(2)17-11-7-4-8-12-17)18-13-14-22-20(25-18)24-16-9-5-3-6-10-16/h3-14H,1-2H3,(H,22,24,25). The number of hydrogen-bond donors (Lipinski definition) is 1. The summed E-state index contributed by atoms with van der Waals surface area (Å²) < 4.78 is 0. The van der Waals surface area contributed by atoms with Gasteiger partial charge in [0.15, 0.2) is 5.13 Å². The summed E-state index contributed by atoms with van der Waals surface area (Å²) in [5.74, 6) is 0.574.